The Morgan fingerprint density at radius 3 is 2.09 bits per heavy atom. The van der Waals surface area contributed by atoms with Gasteiger partial charge < -0.3 is 10.1 Å². The van der Waals surface area contributed by atoms with Crippen LogP contribution in [0.25, 0.3) is 0 Å². The third-order valence-corrected chi connectivity index (χ3v) is 6.58. The molecular weight excluding hydrogens is 278 g/mol. The van der Waals surface area contributed by atoms with Crippen molar-refractivity contribution in [3.8, 4) is 0 Å². The number of carbonyl (C=O) groups excluding carboxylic acids is 2. The number of rotatable bonds is 5. The molecule has 4 nitrogen and oxygen atoms in total. The summed E-state index contributed by atoms with van der Waals surface area (Å²) in [5, 5.41) is 3.05. The Labute approximate surface area is 132 Å². The van der Waals surface area contributed by atoms with Crippen LogP contribution >= 0.6 is 0 Å². The largest absolute Gasteiger partial charge is 0.455 e. The van der Waals surface area contributed by atoms with Crippen LogP contribution in [0.15, 0.2) is 0 Å². The highest BCUT2D eigenvalue weighted by Gasteiger charge is 2.50. The smallest absolute Gasteiger partial charge is 0.309 e. The van der Waals surface area contributed by atoms with Gasteiger partial charge in [0, 0.05) is 6.54 Å². The molecule has 0 aromatic heterocycles. The van der Waals surface area contributed by atoms with Gasteiger partial charge in [0.15, 0.2) is 6.61 Å². The van der Waals surface area contributed by atoms with E-state index in [0.29, 0.717) is 11.3 Å². The molecule has 5 rings (SSSR count). The topological polar surface area (TPSA) is 55.4 Å². The van der Waals surface area contributed by atoms with Crippen LogP contribution in [0.4, 0.5) is 0 Å². The van der Waals surface area contributed by atoms with Crippen LogP contribution in [-0.2, 0) is 14.3 Å². The molecule has 4 bridgehead atoms. The van der Waals surface area contributed by atoms with Gasteiger partial charge in [-0.05, 0) is 74.0 Å². The van der Waals surface area contributed by atoms with Gasteiger partial charge in [-0.25, -0.2) is 0 Å². The van der Waals surface area contributed by atoms with Crippen molar-refractivity contribution in [2.75, 3.05) is 13.2 Å². The Balaban J connectivity index is 1.24. The number of hydrogen-bond donors (Lipinski definition) is 1. The van der Waals surface area contributed by atoms with Crippen molar-refractivity contribution < 1.29 is 14.3 Å². The number of amides is 1. The lowest BCUT2D eigenvalue weighted by Crippen LogP contribution is -2.51. The minimum atomic E-state index is -0.197. The lowest BCUT2D eigenvalue weighted by atomic mass is 9.49. The first-order valence-electron chi connectivity index (χ1n) is 8.96. The van der Waals surface area contributed by atoms with Crippen molar-refractivity contribution in [1.82, 2.24) is 5.32 Å². The minimum Gasteiger partial charge on any atom is -0.455 e. The van der Waals surface area contributed by atoms with Crippen LogP contribution in [0, 0.1) is 35.0 Å². The second-order valence-corrected chi connectivity index (χ2v) is 8.62. The maximum atomic E-state index is 12.0. The SMILES string of the molecule is C[C@@H]1C[C@@H]1C(=O)OCC(=O)NCC12CC3CC(CC(C3)C1)C2. The standard InChI is InChI=1S/C18H27NO3/c1-11-2-15(11)17(21)22-9-16(20)19-10-18-6-12-3-13(7-18)5-14(4-12)8-18/h11-15H,2-10H2,1H3,(H,19,20)/t11-,12?,13?,14?,15+,18?/m1/s1. The summed E-state index contributed by atoms with van der Waals surface area (Å²) in [7, 11) is 0. The number of esters is 1. The molecule has 0 heterocycles. The maximum absolute atomic E-state index is 12.0. The van der Waals surface area contributed by atoms with Gasteiger partial charge >= 0.3 is 5.97 Å². The Bertz CT molecular complexity index is 451. The summed E-state index contributed by atoms with van der Waals surface area (Å²) in [6, 6.07) is 0. The highest BCUT2D eigenvalue weighted by atomic mass is 16.5. The summed E-state index contributed by atoms with van der Waals surface area (Å²) in [5.41, 5.74) is 0.347. The second kappa shape index (κ2) is 5.24. The summed E-state index contributed by atoms with van der Waals surface area (Å²) in [5.74, 6) is 2.85. The molecule has 1 N–H and O–H groups in total. The maximum Gasteiger partial charge on any atom is 0.309 e. The molecule has 22 heavy (non-hydrogen) atoms. The highest BCUT2D eigenvalue weighted by Crippen LogP contribution is 2.59. The zero-order valence-corrected chi connectivity index (χ0v) is 13.5. The first-order valence-corrected chi connectivity index (χ1v) is 8.96. The first-order chi connectivity index (χ1) is 10.5. The van der Waals surface area contributed by atoms with Gasteiger partial charge in [-0.3, -0.25) is 9.59 Å². The van der Waals surface area contributed by atoms with E-state index < -0.39 is 0 Å². The highest BCUT2D eigenvalue weighted by molar-refractivity contribution is 5.82. The van der Waals surface area contributed by atoms with E-state index in [-0.39, 0.29) is 24.4 Å². The molecule has 0 radical (unpaired) electrons. The normalized spacial score (nSPS) is 44.7. The monoisotopic (exact) mass is 305 g/mol. The predicted molar refractivity (Wildman–Crippen MR) is 81.8 cm³/mol. The van der Waals surface area contributed by atoms with E-state index >= 15 is 0 Å². The molecular formula is C18H27NO3. The van der Waals surface area contributed by atoms with Gasteiger partial charge in [-0.15, -0.1) is 0 Å². The molecule has 4 heteroatoms. The fraction of sp³-hybridized carbons (Fsp3) is 0.889. The Morgan fingerprint density at radius 2 is 1.59 bits per heavy atom. The lowest BCUT2D eigenvalue weighted by Gasteiger charge is -2.56. The van der Waals surface area contributed by atoms with Crippen molar-refractivity contribution in [3.63, 3.8) is 0 Å². The summed E-state index contributed by atoms with van der Waals surface area (Å²) in [6.07, 6.45) is 9.04. The van der Waals surface area contributed by atoms with Crippen LogP contribution in [-0.4, -0.2) is 25.0 Å². The molecule has 0 spiro atoms. The quantitative estimate of drug-likeness (QED) is 0.794. The number of nitrogens with one attached hydrogen (secondary N) is 1. The van der Waals surface area contributed by atoms with Crippen molar-refractivity contribution in [3.05, 3.63) is 0 Å². The van der Waals surface area contributed by atoms with Gasteiger partial charge in [0.1, 0.15) is 0 Å². The molecule has 122 valence electrons. The van der Waals surface area contributed by atoms with Gasteiger partial charge in [0.25, 0.3) is 5.91 Å². The third kappa shape index (κ3) is 2.77. The fourth-order valence-electron chi connectivity index (χ4n) is 5.74. The first kappa shape index (κ1) is 14.5. The Kier molecular flexibility index (Phi) is 3.46. The van der Waals surface area contributed by atoms with E-state index in [2.05, 4.69) is 5.32 Å². The van der Waals surface area contributed by atoms with Crippen molar-refractivity contribution >= 4 is 11.9 Å². The lowest BCUT2D eigenvalue weighted by molar-refractivity contribution is -0.150. The molecule has 5 saturated carbocycles. The molecule has 1 amide bonds. The molecule has 0 aromatic rings. The Morgan fingerprint density at radius 1 is 1.05 bits per heavy atom. The van der Waals surface area contributed by atoms with E-state index in [9.17, 15) is 9.59 Å². The van der Waals surface area contributed by atoms with E-state index in [1.54, 1.807) is 0 Å². The van der Waals surface area contributed by atoms with Gasteiger partial charge in [0.2, 0.25) is 0 Å². The number of hydrogen-bond acceptors (Lipinski definition) is 3. The molecule has 0 saturated heterocycles. The summed E-state index contributed by atoms with van der Waals surface area (Å²) >= 11 is 0. The summed E-state index contributed by atoms with van der Waals surface area (Å²) in [4.78, 5) is 23.6. The van der Waals surface area contributed by atoms with Gasteiger partial charge in [0.05, 0.1) is 5.92 Å². The minimum absolute atomic E-state index is 0.0379. The molecule has 2 atom stereocenters. The van der Waals surface area contributed by atoms with E-state index in [1.165, 1.54) is 38.5 Å². The van der Waals surface area contributed by atoms with Crippen LogP contribution in [0.2, 0.25) is 0 Å². The summed E-state index contributed by atoms with van der Waals surface area (Å²) < 4.78 is 5.12. The predicted octanol–water partition coefficient (Wildman–Crippen LogP) is 2.52. The van der Waals surface area contributed by atoms with Crippen LogP contribution in [0.3, 0.4) is 0 Å². The summed E-state index contributed by atoms with van der Waals surface area (Å²) in [6.45, 7) is 2.72. The third-order valence-electron chi connectivity index (χ3n) is 6.58. The zero-order valence-electron chi connectivity index (χ0n) is 13.5. The van der Waals surface area contributed by atoms with E-state index in [4.69, 9.17) is 4.74 Å². The van der Waals surface area contributed by atoms with E-state index in [1.807, 2.05) is 6.92 Å². The molecule has 0 aliphatic heterocycles. The molecule has 5 fully saturated rings. The number of carbonyl (C=O) groups is 2. The van der Waals surface area contributed by atoms with Crippen LogP contribution in [0.1, 0.15) is 51.9 Å². The molecule has 5 aliphatic rings. The Hall–Kier alpha value is -1.06. The molecule has 0 aromatic carbocycles. The zero-order chi connectivity index (χ0) is 15.3. The van der Waals surface area contributed by atoms with Gasteiger partial charge in [-0.1, -0.05) is 6.92 Å². The number of ether oxygens (including phenoxy) is 1. The van der Waals surface area contributed by atoms with Crippen LogP contribution < -0.4 is 5.32 Å². The second-order valence-electron chi connectivity index (χ2n) is 8.62. The van der Waals surface area contributed by atoms with E-state index in [0.717, 1.165) is 30.7 Å². The van der Waals surface area contributed by atoms with Crippen molar-refractivity contribution in [1.29, 1.82) is 0 Å². The van der Waals surface area contributed by atoms with Crippen LogP contribution in [0.5, 0.6) is 0 Å². The molecule has 5 aliphatic carbocycles. The van der Waals surface area contributed by atoms with Crippen molar-refractivity contribution in [2.45, 2.75) is 51.9 Å². The average molecular weight is 305 g/mol. The average Bonchev–Trinajstić information content (AvgIpc) is 3.18. The molecule has 0 unspecified atom stereocenters. The van der Waals surface area contributed by atoms with Gasteiger partial charge in [-0.2, -0.15) is 0 Å². The van der Waals surface area contributed by atoms with Crippen molar-refractivity contribution in [2.24, 2.45) is 35.0 Å². The fourth-order valence-corrected chi connectivity index (χ4v) is 5.74.